The fourth-order valence-electron chi connectivity index (χ4n) is 5.93. The van der Waals surface area contributed by atoms with Crippen LogP contribution in [0.3, 0.4) is 0 Å². The van der Waals surface area contributed by atoms with Crippen molar-refractivity contribution in [2.45, 2.75) is 50.0 Å². The first-order valence-corrected chi connectivity index (χ1v) is 16.2. The average Bonchev–Trinajstić information content (AvgIpc) is 3.57. The van der Waals surface area contributed by atoms with Crippen LogP contribution in [-0.4, -0.2) is 86.0 Å². The summed E-state index contributed by atoms with van der Waals surface area (Å²) in [5.41, 5.74) is 3.85. The third-order valence-electron chi connectivity index (χ3n) is 8.14. The number of carbonyl (C=O) groups is 1. The van der Waals surface area contributed by atoms with Gasteiger partial charge in [0.1, 0.15) is 0 Å². The number of fused-ring (bicyclic) bond motifs is 3. The summed E-state index contributed by atoms with van der Waals surface area (Å²) in [5, 5.41) is 4.82. The fraction of sp³-hybridized carbons (Fsp3) is 0.484. The second kappa shape index (κ2) is 11.7. The molecule has 9 nitrogen and oxygen atoms in total. The van der Waals surface area contributed by atoms with E-state index in [0.717, 1.165) is 50.3 Å². The number of morpholine rings is 1. The molecule has 1 aromatic heterocycles. The number of likely N-dealkylation sites (tertiary alicyclic amines) is 1. The Labute approximate surface area is 242 Å². The number of amides is 1. The minimum absolute atomic E-state index is 0.200. The van der Waals surface area contributed by atoms with Gasteiger partial charge in [-0.05, 0) is 42.5 Å². The van der Waals surface area contributed by atoms with Gasteiger partial charge in [0.2, 0.25) is 0 Å². The largest absolute Gasteiger partial charge is 0.378 e. The summed E-state index contributed by atoms with van der Waals surface area (Å²) in [5.74, 6) is 0.130. The van der Waals surface area contributed by atoms with E-state index in [2.05, 4.69) is 30.9 Å². The smallest absolute Gasteiger partial charge is 0.274 e. The summed E-state index contributed by atoms with van der Waals surface area (Å²) in [6, 6.07) is 15.2. The highest BCUT2D eigenvalue weighted by molar-refractivity contribution is 7.90. The zero-order chi connectivity index (χ0) is 28.6. The molecule has 0 bridgehead atoms. The van der Waals surface area contributed by atoms with Crippen molar-refractivity contribution in [1.29, 1.82) is 0 Å². The SMILES string of the molecule is CC(C)CCOC1CCN(Cc2cccc(-n3nc(C(=O)N4CCOCC4)c4c3-c3ccccc3S(=O)(=O)C4)c2)C1. The van der Waals surface area contributed by atoms with Crippen molar-refractivity contribution in [2.75, 3.05) is 46.0 Å². The van der Waals surface area contributed by atoms with Gasteiger partial charge in [-0.3, -0.25) is 9.69 Å². The number of sulfone groups is 1. The van der Waals surface area contributed by atoms with Crippen molar-refractivity contribution in [2.24, 2.45) is 5.92 Å². The summed E-state index contributed by atoms with van der Waals surface area (Å²) in [6.45, 7) is 9.73. The van der Waals surface area contributed by atoms with Gasteiger partial charge in [0, 0.05) is 50.5 Å². The number of ether oxygens (including phenoxy) is 2. The number of aromatic nitrogens is 2. The summed E-state index contributed by atoms with van der Waals surface area (Å²) in [7, 11) is -3.62. The normalized spacial score (nSPS) is 20.3. The van der Waals surface area contributed by atoms with Gasteiger partial charge in [-0.2, -0.15) is 5.10 Å². The molecule has 4 heterocycles. The number of hydrogen-bond donors (Lipinski definition) is 0. The van der Waals surface area contributed by atoms with Crippen LogP contribution in [0.2, 0.25) is 0 Å². The van der Waals surface area contributed by atoms with E-state index < -0.39 is 9.84 Å². The average molecular weight is 579 g/mol. The molecule has 218 valence electrons. The Bertz CT molecular complexity index is 1530. The first-order valence-electron chi connectivity index (χ1n) is 14.5. The molecule has 0 radical (unpaired) electrons. The minimum atomic E-state index is -3.62. The predicted octanol–water partition coefficient (Wildman–Crippen LogP) is 3.94. The van der Waals surface area contributed by atoms with Crippen LogP contribution in [0.5, 0.6) is 0 Å². The van der Waals surface area contributed by atoms with Gasteiger partial charge in [-0.25, -0.2) is 13.1 Å². The molecule has 1 amide bonds. The monoisotopic (exact) mass is 578 g/mol. The lowest BCUT2D eigenvalue weighted by Gasteiger charge is -2.26. The topological polar surface area (TPSA) is 94.0 Å². The second-order valence-corrected chi connectivity index (χ2v) is 13.6. The Balaban J connectivity index is 1.32. The summed E-state index contributed by atoms with van der Waals surface area (Å²) in [6.07, 6.45) is 2.37. The number of nitrogens with zero attached hydrogens (tertiary/aromatic N) is 4. The Morgan fingerprint density at radius 3 is 2.71 bits per heavy atom. The van der Waals surface area contributed by atoms with Crippen molar-refractivity contribution >= 4 is 15.7 Å². The van der Waals surface area contributed by atoms with Gasteiger partial charge in [-0.15, -0.1) is 0 Å². The maximum absolute atomic E-state index is 13.7. The highest BCUT2D eigenvalue weighted by Gasteiger charge is 2.37. The fourth-order valence-corrected chi connectivity index (χ4v) is 7.53. The van der Waals surface area contributed by atoms with Crippen LogP contribution < -0.4 is 0 Å². The molecular formula is C31H38N4O5S. The van der Waals surface area contributed by atoms with Crippen LogP contribution in [0.4, 0.5) is 0 Å². The highest BCUT2D eigenvalue weighted by Crippen LogP contribution is 2.41. The van der Waals surface area contributed by atoms with Crippen LogP contribution in [0, 0.1) is 5.92 Å². The molecule has 0 saturated carbocycles. The molecule has 1 unspecified atom stereocenters. The highest BCUT2D eigenvalue weighted by atomic mass is 32.2. The predicted molar refractivity (Wildman–Crippen MR) is 156 cm³/mol. The Kier molecular flexibility index (Phi) is 8.00. The van der Waals surface area contributed by atoms with Gasteiger partial charge in [0.05, 0.1) is 41.3 Å². The molecule has 2 aromatic carbocycles. The van der Waals surface area contributed by atoms with Gasteiger partial charge in [0.15, 0.2) is 15.5 Å². The van der Waals surface area contributed by atoms with Crippen LogP contribution >= 0.6 is 0 Å². The van der Waals surface area contributed by atoms with E-state index in [1.54, 1.807) is 27.8 Å². The molecule has 3 aliphatic rings. The van der Waals surface area contributed by atoms with Crippen molar-refractivity contribution < 1.29 is 22.7 Å². The van der Waals surface area contributed by atoms with Crippen LogP contribution in [0.15, 0.2) is 53.4 Å². The molecule has 10 heteroatoms. The van der Waals surface area contributed by atoms with E-state index >= 15 is 0 Å². The second-order valence-electron chi connectivity index (χ2n) is 11.6. The summed E-state index contributed by atoms with van der Waals surface area (Å²) < 4.78 is 39.9. The lowest BCUT2D eigenvalue weighted by Crippen LogP contribution is -2.41. The lowest BCUT2D eigenvalue weighted by atomic mass is 10.0. The summed E-state index contributed by atoms with van der Waals surface area (Å²) in [4.78, 5) is 18.0. The zero-order valence-corrected chi connectivity index (χ0v) is 24.6. The molecule has 3 aromatic rings. The lowest BCUT2D eigenvalue weighted by molar-refractivity contribution is 0.0298. The van der Waals surface area contributed by atoms with Crippen LogP contribution in [-0.2, 0) is 31.6 Å². The van der Waals surface area contributed by atoms with Gasteiger partial charge in [-0.1, -0.05) is 44.2 Å². The Hall–Kier alpha value is -3.05. The third kappa shape index (κ3) is 5.83. The molecule has 2 fully saturated rings. The molecule has 6 rings (SSSR count). The van der Waals surface area contributed by atoms with E-state index in [1.807, 2.05) is 18.2 Å². The van der Waals surface area contributed by atoms with E-state index in [1.165, 1.54) is 0 Å². The molecule has 0 N–H and O–H groups in total. The van der Waals surface area contributed by atoms with Crippen molar-refractivity contribution in [1.82, 2.24) is 19.6 Å². The van der Waals surface area contributed by atoms with E-state index in [0.29, 0.717) is 49.0 Å². The van der Waals surface area contributed by atoms with E-state index in [4.69, 9.17) is 14.6 Å². The molecule has 1 atom stereocenters. The Morgan fingerprint density at radius 2 is 1.90 bits per heavy atom. The van der Waals surface area contributed by atoms with E-state index in [9.17, 15) is 13.2 Å². The number of rotatable bonds is 8. The summed E-state index contributed by atoms with van der Waals surface area (Å²) >= 11 is 0. The minimum Gasteiger partial charge on any atom is -0.378 e. The maximum Gasteiger partial charge on any atom is 0.274 e. The molecule has 0 aliphatic carbocycles. The van der Waals surface area contributed by atoms with Crippen molar-refractivity contribution in [3.05, 3.63) is 65.4 Å². The zero-order valence-electron chi connectivity index (χ0n) is 23.8. The number of hydrogen-bond acceptors (Lipinski definition) is 7. The first kappa shape index (κ1) is 28.1. The number of benzene rings is 2. The maximum atomic E-state index is 13.7. The molecular weight excluding hydrogens is 540 g/mol. The first-order chi connectivity index (χ1) is 19.8. The standard InChI is InChI=1S/C31H38N4O5S/c1-22(2)11-15-40-25-10-12-33(20-25)19-23-6-5-7-24(18-23)35-30-26-8-3-4-9-28(26)41(37,38)21-27(30)29(32-35)31(36)34-13-16-39-17-14-34/h3-9,18,22,25H,10-17,19-21H2,1-2H3. The molecule has 0 spiro atoms. The van der Waals surface area contributed by atoms with Gasteiger partial charge >= 0.3 is 0 Å². The van der Waals surface area contributed by atoms with E-state index in [-0.39, 0.29) is 28.4 Å². The quantitative estimate of drug-likeness (QED) is 0.400. The number of carbonyl (C=O) groups excluding carboxylic acids is 1. The molecule has 2 saturated heterocycles. The van der Waals surface area contributed by atoms with Crippen LogP contribution in [0.1, 0.15) is 48.3 Å². The van der Waals surface area contributed by atoms with Crippen molar-refractivity contribution in [3.8, 4) is 16.9 Å². The van der Waals surface area contributed by atoms with Gasteiger partial charge < -0.3 is 14.4 Å². The van der Waals surface area contributed by atoms with Crippen molar-refractivity contribution in [3.63, 3.8) is 0 Å². The third-order valence-corrected chi connectivity index (χ3v) is 9.83. The Morgan fingerprint density at radius 1 is 1.10 bits per heavy atom. The molecule has 41 heavy (non-hydrogen) atoms. The molecule has 3 aliphatic heterocycles. The van der Waals surface area contributed by atoms with Crippen LogP contribution in [0.25, 0.3) is 16.9 Å². The van der Waals surface area contributed by atoms with Gasteiger partial charge in [0.25, 0.3) is 5.91 Å².